The van der Waals surface area contributed by atoms with E-state index < -0.39 is 5.41 Å². The molecule has 0 N–H and O–H groups in total. The maximum absolute atomic E-state index is 2.59. The van der Waals surface area contributed by atoms with Crippen molar-refractivity contribution in [3.05, 3.63) is 247 Å². The number of hydrogen-bond acceptors (Lipinski definition) is 1. The van der Waals surface area contributed by atoms with Crippen molar-refractivity contribution in [2.24, 2.45) is 0 Å². The molecular weight excluding hydrogens is 747 g/mol. The van der Waals surface area contributed by atoms with Crippen LogP contribution in [-0.2, 0) is 5.41 Å². The maximum Gasteiger partial charge on any atom is 0.0726 e. The standard InChI is InChI=1S/C61H37N/c1-2-17-41-38(16-1)32-33-39-36-58(49-24-7-8-25-50(49)59(39)41)62(40-34-35-46-44-20-4-3-18-42(44)43-19-5-6-21-45(43)52(46)37-40)57-31-15-30-56-60(57)51-26-11-14-29-55(51)61(56)53-27-12-9-22-47(53)48-23-10-13-28-54(48)61/h1-37H. The van der Waals surface area contributed by atoms with Crippen molar-refractivity contribution in [2.75, 3.05) is 4.90 Å². The quantitative estimate of drug-likeness (QED) is 0.161. The third-order valence-corrected chi connectivity index (χ3v) is 14.2. The number of benzene rings is 12. The zero-order valence-corrected chi connectivity index (χ0v) is 33.8. The fourth-order valence-electron chi connectivity index (χ4n) is 11.8. The lowest BCUT2D eigenvalue weighted by molar-refractivity contribution is 0.794. The van der Waals surface area contributed by atoms with Crippen molar-refractivity contribution in [1.29, 1.82) is 0 Å². The normalized spacial score (nSPS) is 13.3. The summed E-state index contributed by atoms with van der Waals surface area (Å²) in [5.74, 6) is 0. The summed E-state index contributed by atoms with van der Waals surface area (Å²) in [4.78, 5) is 2.59. The minimum Gasteiger partial charge on any atom is -0.309 e. The second-order valence-electron chi connectivity index (χ2n) is 17.1. The molecule has 0 aromatic heterocycles. The molecule has 0 radical (unpaired) electrons. The third kappa shape index (κ3) is 4.32. The zero-order valence-electron chi connectivity index (χ0n) is 33.8. The van der Waals surface area contributed by atoms with Crippen molar-refractivity contribution >= 4 is 81.7 Å². The van der Waals surface area contributed by atoms with E-state index in [4.69, 9.17) is 0 Å². The van der Waals surface area contributed by atoms with Crippen LogP contribution in [0, 0.1) is 0 Å². The monoisotopic (exact) mass is 783 g/mol. The molecule has 62 heavy (non-hydrogen) atoms. The van der Waals surface area contributed by atoms with Gasteiger partial charge >= 0.3 is 0 Å². The van der Waals surface area contributed by atoms with Gasteiger partial charge in [0.2, 0.25) is 0 Å². The molecule has 0 aliphatic heterocycles. The maximum atomic E-state index is 2.59. The predicted molar refractivity (Wildman–Crippen MR) is 262 cm³/mol. The van der Waals surface area contributed by atoms with Gasteiger partial charge < -0.3 is 4.90 Å². The van der Waals surface area contributed by atoms with Crippen LogP contribution in [0.25, 0.3) is 86.9 Å². The van der Waals surface area contributed by atoms with Crippen molar-refractivity contribution in [1.82, 2.24) is 0 Å². The summed E-state index contributed by atoms with van der Waals surface area (Å²) in [6, 6.07) is 84.3. The van der Waals surface area contributed by atoms with Gasteiger partial charge in [0.05, 0.1) is 16.8 Å². The van der Waals surface area contributed by atoms with E-state index in [2.05, 4.69) is 229 Å². The van der Waals surface area contributed by atoms with Gasteiger partial charge in [0, 0.05) is 16.6 Å². The van der Waals surface area contributed by atoms with E-state index in [0.29, 0.717) is 0 Å². The van der Waals surface area contributed by atoms with E-state index in [-0.39, 0.29) is 0 Å². The number of nitrogens with zero attached hydrogens (tertiary/aromatic N) is 1. The SMILES string of the molecule is c1ccc2c(c1)-c1ccccc1C21c2ccccc2-c2c(N(c3ccc4c5ccccc5c5ccccc5c4c3)c3cc4ccc5ccccc5c4c4ccccc34)cccc21. The van der Waals surface area contributed by atoms with Crippen molar-refractivity contribution in [2.45, 2.75) is 5.41 Å². The first-order valence-electron chi connectivity index (χ1n) is 21.7. The van der Waals surface area contributed by atoms with E-state index in [1.165, 1.54) is 115 Å². The molecule has 12 aromatic rings. The lowest BCUT2D eigenvalue weighted by atomic mass is 9.70. The predicted octanol–water partition coefficient (Wildman–Crippen LogP) is 16.4. The van der Waals surface area contributed by atoms with Crippen LogP contribution in [0.3, 0.4) is 0 Å². The second kappa shape index (κ2) is 12.5. The number of rotatable bonds is 3. The summed E-state index contributed by atoms with van der Waals surface area (Å²) in [5.41, 5.74) is 13.6. The van der Waals surface area contributed by atoms with Crippen LogP contribution in [-0.4, -0.2) is 0 Å². The Hall–Kier alpha value is -8.00. The molecule has 12 aromatic carbocycles. The average molecular weight is 784 g/mol. The van der Waals surface area contributed by atoms with Gasteiger partial charge in [-0.1, -0.05) is 200 Å². The first-order chi connectivity index (χ1) is 30.8. The number of anilines is 3. The summed E-state index contributed by atoms with van der Waals surface area (Å²) >= 11 is 0. The Morgan fingerprint density at radius 2 is 0.758 bits per heavy atom. The highest BCUT2D eigenvalue weighted by atomic mass is 15.1. The first-order valence-corrected chi connectivity index (χ1v) is 21.7. The van der Waals surface area contributed by atoms with E-state index >= 15 is 0 Å². The van der Waals surface area contributed by atoms with E-state index in [0.717, 1.165) is 11.4 Å². The second-order valence-corrected chi connectivity index (χ2v) is 17.1. The van der Waals surface area contributed by atoms with Gasteiger partial charge in [0.25, 0.3) is 0 Å². The van der Waals surface area contributed by atoms with Gasteiger partial charge in [-0.25, -0.2) is 0 Å². The molecule has 0 unspecified atom stereocenters. The fourth-order valence-corrected chi connectivity index (χ4v) is 11.8. The Morgan fingerprint density at radius 3 is 1.44 bits per heavy atom. The molecule has 14 rings (SSSR count). The van der Waals surface area contributed by atoms with Crippen LogP contribution in [0.5, 0.6) is 0 Å². The Kier molecular flexibility index (Phi) is 6.82. The summed E-state index contributed by atoms with van der Waals surface area (Å²) in [7, 11) is 0. The summed E-state index contributed by atoms with van der Waals surface area (Å²) in [5, 5.41) is 15.1. The smallest absolute Gasteiger partial charge is 0.0726 e. The van der Waals surface area contributed by atoms with Crippen LogP contribution in [0.1, 0.15) is 22.3 Å². The van der Waals surface area contributed by atoms with Crippen molar-refractivity contribution in [3.8, 4) is 22.3 Å². The minimum atomic E-state index is -0.455. The highest BCUT2D eigenvalue weighted by Gasteiger charge is 2.52. The van der Waals surface area contributed by atoms with E-state index in [9.17, 15) is 0 Å². The molecule has 0 atom stereocenters. The topological polar surface area (TPSA) is 3.24 Å². The zero-order chi connectivity index (χ0) is 40.5. The van der Waals surface area contributed by atoms with E-state index in [1.807, 2.05) is 0 Å². The molecular formula is C61H37N. The summed E-state index contributed by atoms with van der Waals surface area (Å²) in [6.45, 7) is 0. The van der Waals surface area contributed by atoms with Gasteiger partial charge in [-0.3, -0.25) is 0 Å². The summed E-state index contributed by atoms with van der Waals surface area (Å²) in [6.07, 6.45) is 0. The first kappa shape index (κ1) is 33.8. The molecule has 2 aliphatic carbocycles. The molecule has 0 fully saturated rings. The van der Waals surface area contributed by atoms with Crippen molar-refractivity contribution in [3.63, 3.8) is 0 Å². The van der Waals surface area contributed by atoms with Gasteiger partial charge in [0.15, 0.2) is 0 Å². The lowest BCUT2D eigenvalue weighted by Crippen LogP contribution is -2.26. The Bertz CT molecular complexity index is 3810. The highest BCUT2D eigenvalue weighted by molar-refractivity contribution is 6.27. The molecule has 1 heteroatoms. The Labute approximate surface area is 359 Å². The average Bonchev–Trinajstić information content (AvgIpc) is 3.82. The molecule has 286 valence electrons. The molecule has 2 aliphatic rings. The lowest BCUT2D eigenvalue weighted by Gasteiger charge is -2.32. The molecule has 0 amide bonds. The summed E-state index contributed by atoms with van der Waals surface area (Å²) < 4.78 is 0. The molecule has 1 nitrogen and oxygen atoms in total. The third-order valence-electron chi connectivity index (χ3n) is 14.2. The Balaban J connectivity index is 1.14. The largest absolute Gasteiger partial charge is 0.309 e. The van der Waals surface area contributed by atoms with Gasteiger partial charge in [-0.2, -0.15) is 0 Å². The van der Waals surface area contributed by atoms with Crippen LogP contribution in [0.15, 0.2) is 224 Å². The molecule has 0 saturated carbocycles. The minimum absolute atomic E-state index is 0.455. The van der Waals surface area contributed by atoms with Crippen molar-refractivity contribution < 1.29 is 0 Å². The van der Waals surface area contributed by atoms with Gasteiger partial charge in [-0.05, 0) is 122 Å². The van der Waals surface area contributed by atoms with Crippen LogP contribution in [0.4, 0.5) is 17.1 Å². The van der Waals surface area contributed by atoms with Crippen LogP contribution >= 0.6 is 0 Å². The van der Waals surface area contributed by atoms with Gasteiger partial charge in [0.1, 0.15) is 0 Å². The van der Waals surface area contributed by atoms with Gasteiger partial charge in [-0.15, -0.1) is 0 Å². The van der Waals surface area contributed by atoms with Crippen LogP contribution in [0.2, 0.25) is 0 Å². The Morgan fingerprint density at radius 1 is 0.274 bits per heavy atom. The van der Waals surface area contributed by atoms with Crippen LogP contribution < -0.4 is 4.90 Å². The molecule has 0 heterocycles. The number of hydrogen-bond donors (Lipinski definition) is 0. The highest BCUT2D eigenvalue weighted by Crippen LogP contribution is 2.65. The molecule has 0 saturated heterocycles. The molecule has 0 bridgehead atoms. The number of fused-ring (bicyclic) bond motifs is 21. The van der Waals surface area contributed by atoms with E-state index in [1.54, 1.807) is 0 Å². The molecule has 1 spiro atoms. The fraction of sp³-hybridized carbons (Fsp3) is 0.0164.